The van der Waals surface area contributed by atoms with Crippen LogP contribution in [0.2, 0.25) is 10.0 Å². The number of carboxylic acid groups (broad SMARTS) is 1. The van der Waals surface area contributed by atoms with Crippen LogP contribution in [-0.2, 0) is 20.7 Å². The topological polar surface area (TPSA) is 73.3 Å². The summed E-state index contributed by atoms with van der Waals surface area (Å²) in [7, 11) is 2.01. The molecule has 9 heteroatoms. The van der Waals surface area contributed by atoms with Gasteiger partial charge in [0.2, 0.25) is 5.91 Å². The first-order valence-corrected chi connectivity index (χ1v) is 11.0. The van der Waals surface area contributed by atoms with Crippen molar-refractivity contribution in [1.82, 2.24) is 14.7 Å². The van der Waals surface area contributed by atoms with Crippen LogP contribution >= 0.6 is 23.2 Å². The predicted octanol–water partition coefficient (Wildman–Crippen LogP) is 2.24. The zero-order valence-corrected chi connectivity index (χ0v) is 18.7. The maximum Gasteiger partial charge on any atom is 0.329 e. The second-order valence-corrected chi connectivity index (χ2v) is 8.95. The maximum absolute atomic E-state index is 13.3. The minimum Gasteiger partial charge on any atom is -0.480 e. The molecule has 0 aromatic heterocycles. The van der Waals surface area contributed by atoms with Crippen LogP contribution in [0.5, 0.6) is 0 Å². The second-order valence-electron chi connectivity index (χ2n) is 8.14. The molecule has 2 aliphatic rings. The van der Waals surface area contributed by atoms with E-state index in [2.05, 4.69) is 9.80 Å². The van der Waals surface area contributed by atoms with Gasteiger partial charge in [-0.25, -0.2) is 4.79 Å². The van der Waals surface area contributed by atoms with Crippen LogP contribution in [0.15, 0.2) is 18.2 Å². The largest absolute Gasteiger partial charge is 0.480 e. The number of nitrogens with zero attached hydrogens (tertiary/aromatic N) is 3. The summed E-state index contributed by atoms with van der Waals surface area (Å²) in [5.41, 5.74) is 0.826. The Balaban J connectivity index is 1.70. The zero-order chi connectivity index (χ0) is 21.7. The predicted molar refractivity (Wildman–Crippen MR) is 116 cm³/mol. The summed E-state index contributed by atoms with van der Waals surface area (Å²) in [5, 5.41) is 9.73. The summed E-state index contributed by atoms with van der Waals surface area (Å²) in [6.45, 7) is 4.16. The van der Waals surface area contributed by atoms with Crippen LogP contribution in [0.1, 0.15) is 18.4 Å². The summed E-state index contributed by atoms with van der Waals surface area (Å²) < 4.78 is 5.33. The molecule has 166 valence electrons. The monoisotopic (exact) mass is 457 g/mol. The highest BCUT2D eigenvalue weighted by molar-refractivity contribution is 6.42. The van der Waals surface area contributed by atoms with Crippen molar-refractivity contribution in [1.29, 1.82) is 0 Å². The van der Waals surface area contributed by atoms with E-state index in [1.165, 1.54) is 12.8 Å². The number of carboxylic acids is 1. The Morgan fingerprint density at radius 1 is 1.13 bits per heavy atom. The van der Waals surface area contributed by atoms with E-state index in [0.29, 0.717) is 16.6 Å². The molecule has 2 aliphatic heterocycles. The standard InChI is InChI=1S/C21H29Cl2N3O4/c1-24-10-16(11-25-6-2-3-7-25)26(12-17(24)13-30-14-21(28)29)20(27)9-15-4-5-18(22)19(23)8-15/h4-5,8,16-17H,2-3,6-7,9-14H2,1H3,(H,28,29)/t16-,17-/m0/s1. The number of rotatable bonds is 8. The molecule has 0 spiro atoms. The van der Waals surface area contributed by atoms with Crippen LogP contribution in [0.25, 0.3) is 0 Å². The quantitative estimate of drug-likeness (QED) is 0.645. The normalized spacial score (nSPS) is 23.1. The molecular weight excluding hydrogens is 429 g/mol. The summed E-state index contributed by atoms with van der Waals surface area (Å²) in [5.74, 6) is -0.957. The van der Waals surface area contributed by atoms with Crippen molar-refractivity contribution in [3.05, 3.63) is 33.8 Å². The van der Waals surface area contributed by atoms with E-state index in [0.717, 1.165) is 31.7 Å². The fraction of sp³-hybridized carbons (Fsp3) is 0.619. The molecule has 0 unspecified atom stereocenters. The van der Waals surface area contributed by atoms with E-state index < -0.39 is 5.97 Å². The molecule has 0 aliphatic carbocycles. The molecule has 0 radical (unpaired) electrons. The molecule has 2 atom stereocenters. The number of hydrogen-bond donors (Lipinski definition) is 1. The van der Waals surface area contributed by atoms with Crippen molar-refractivity contribution in [2.24, 2.45) is 0 Å². The number of halogens is 2. The lowest BCUT2D eigenvalue weighted by molar-refractivity contribution is -0.145. The molecule has 1 amide bonds. The Morgan fingerprint density at radius 3 is 2.53 bits per heavy atom. The van der Waals surface area contributed by atoms with Gasteiger partial charge in [0, 0.05) is 19.6 Å². The minimum absolute atomic E-state index is 0.0360. The molecule has 0 saturated carbocycles. The molecule has 2 fully saturated rings. The van der Waals surface area contributed by atoms with Gasteiger partial charge in [0.15, 0.2) is 0 Å². The molecule has 0 bridgehead atoms. The minimum atomic E-state index is -0.993. The van der Waals surface area contributed by atoms with Gasteiger partial charge in [0.05, 0.1) is 35.2 Å². The molecule has 7 nitrogen and oxygen atoms in total. The number of aliphatic carboxylic acids is 1. The number of likely N-dealkylation sites (tertiary alicyclic amines) is 1. The Bertz CT molecular complexity index is 758. The molecule has 1 aromatic carbocycles. The fourth-order valence-corrected chi connectivity index (χ4v) is 4.53. The number of benzene rings is 1. The SMILES string of the molecule is CN1C[C@@H](CN2CCCC2)N(C(=O)Cc2ccc(Cl)c(Cl)c2)C[C@H]1COCC(=O)O. The lowest BCUT2D eigenvalue weighted by Crippen LogP contribution is -2.62. The van der Waals surface area contributed by atoms with E-state index in [1.807, 2.05) is 18.0 Å². The lowest BCUT2D eigenvalue weighted by Gasteiger charge is -2.46. The van der Waals surface area contributed by atoms with Crippen molar-refractivity contribution < 1.29 is 19.4 Å². The van der Waals surface area contributed by atoms with Gasteiger partial charge in [-0.3, -0.25) is 9.69 Å². The van der Waals surface area contributed by atoms with Crippen molar-refractivity contribution >= 4 is 35.1 Å². The summed E-state index contributed by atoms with van der Waals surface area (Å²) in [6.07, 6.45) is 2.65. The van der Waals surface area contributed by atoms with Crippen LogP contribution in [0, 0.1) is 0 Å². The van der Waals surface area contributed by atoms with Crippen molar-refractivity contribution in [3.63, 3.8) is 0 Å². The van der Waals surface area contributed by atoms with Gasteiger partial charge < -0.3 is 19.6 Å². The molecule has 30 heavy (non-hydrogen) atoms. The van der Waals surface area contributed by atoms with Gasteiger partial charge in [-0.2, -0.15) is 0 Å². The molecular formula is C21H29Cl2N3O4. The van der Waals surface area contributed by atoms with E-state index in [1.54, 1.807) is 12.1 Å². The Labute approximate surface area is 187 Å². The fourth-order valence-electron chi connectivity index (χ4n) is 4.21. The number of carbonyl (C=O) groups is 2. The third-order valence-electron chi connectivity index (χ3n) is 5.83. The summed E-state index contributed by atoms with van der Waals surface area (Å²) in [6, 6.07) is 5.31. The van der Waals surface area contributed by atoms with Gasteiger partial charge in [0.1, 0.15) is 6.61 Å². The number of carbonyl (C=O) groups excluding carboxylic acids is 1. The Hall–Kier alpha value is -1.38. The number of amides is 1. The van der Waals surface area contributed by atoms with Gasteiger partial charge >= 0.3 is 5.97 Å². The summed E-state index contributed by atoms with van der Waals surface area (Å²) >= 11 is 12.1. The first-order chi connectivity index (χ1) is 14.3. The highest BCUT2D eigenvalue weighted by Gasteiger charge is 2.36. The average Bonchev–Trinajstić information content (AvgIpc) is 3.19. The van der Waals surface area contributed by atoms with E-state index in [9.17, 15) is 9.59 Å². The van der Waals surface area contributed by atoms with Crippen LogP contribution in [0.4, 0.5) is 0 Å². The van der Waals surface area contributed by atoms with Crippen LogP contribution in [-0.4, -0.2) is 96.8 Å². The van der Waals surface area contributed by atoms with Gasteiger partial charge in [-0.05, 0) is 50.7 Å². The van der Waals surface area contributed by atoms with E-state index in [-0.39, 0.29) is 37.6 Å². The van der Waals surface area contributed by atoms with Crippen molar-refractivity contribution in [2.75, 3.05) is 53.0 Å². The smallest absolute Gasteiger partial charge is 0.329 e. The third kappa shape index (κ3) is 6.31. The van der Waals surface area contributed by atoms with E-state index in [4.69, 9.17) is 33.0 Å². The number of piperazine rings is 1. The first kappa shape index (κ1) is 23.3. The third-order valence-corrected chi connectivity index (χ3v) is 6.57. The highest BCUT2D eigenvalue weighted by atomic mass is 35.5. The first-order valence-electron chi connectivity index (χ1n) is 10.3. The maximum atomic E-state index is 13.3. The number of ether oxygens (including phenoxy) is 1. The summed E-state index contributed by atoms with van der Waals surface area (Å²) in [4.78, 5) is 30.6. The van der Waals surface area contributed by atoms with Crippen molar-refractivity contribution in [2.45, 2.75) is 31.3 Å². The average molecular weight is 458 g/mol. The molecule has 3 rings (SSSR count). The Kier molecular flexibility index (Phi) is 8.36. The van der Waals surface area contributed by atoms with Crippen LogP contribution in [0.3, 0.4) is 0 Å². The molecule has 1 aromatic rings. The van der Waals surface area contributed by atoms with Crippen LogP contribution < -0.4 is 0 Å². The van der Waals surface area contributed by atoms with Gasteiger partial charge in [-0.15, -0.1) is 0 Å². The van der Waals surface area contributed by atoms with E-state index >= 15 is 0 Å². The number of likely N-dealkylation sites (N-methyl/N-ethyl adjacent to an activating group) is 1. The lowest BCUT2D eigenvalue weighted by atomic mass is 10.0. The molecule has 2 heterocycles. The zero-order valence-electron chi connectivity index (χ0n) is 17.2. The molecule has 2 saturated heterocycles. The highest BCUT2D eigenvalue weighted by Crippen LogP contribution is 2.24. The van der Waals surface area contributed by atoms with Gasteiger partial charge in [-0.1, -0.05) is 29.3 Å². The van der Waals surface area contributed by atoms with Gasteiger partial charge in [0.25, 0.3) is 0 Å². The Morgan fingerprint density at radius 2 is 1.87 bits per heavy atom. The number of hydrogen-bond acceptors (Lipinski definition) is 5. The second kappa shape index (κ2) is 10.8. The molecule has 1 N–H and O–H groups in total. The van der Waals surface area contributed by atoms with Crippen molar-refractivity contribution in [3.8, 4) is 0 Å².